The molecule has 1 N–H and O–H groups in total. The van der Waals surface area contributed by atoms with E-state index in [-0.39, 0.29) is 10.9 Å². The first-order valence-corrected chi connectivity index (χ1v) is 18.5. The van der Waals surface area contributed by atoms with Crippen LogP contribution in [0.4, 0.5) is 0 Å². The topological polar surface area (TPSA) is 215 Å². The molecule has 2 saturated heterocycles. The number of amides is 1. The smallest absolute Gasteiger partial charge is 0.303 e. The molecule has 0 spiro atoms. The predicted molar refractivity (Wildman–Crippen MR) is 180 cm³/mol. The van der Waals surface area contributed by atoms with Gasteiger partial charge < -0.3 is 47.9 Å². The van der Waals surface area contributed by atoms with E-state index in [1.54, 1.807) is 0 Å². The summed E-state index contributed by atoms with van der Waals surface area (Å²) in [6, 6.07) is -1.15. The van der Waals surface area contributed by atoms with Gasteiger partial charge in [0.1, 0.15) is 31.0 Å². The molecule has 290 valence electrons. The van der Waals surface area contributed by atoms with Gasteiger partial charge in [0.2, 0.25) is 5.91 Å². The molecule has 2 aliphatic heterocycles. The molecule has 2 rings (SSSR count). The van der Waals surface area contributed by atoms with Gasteiger partial charge >= 0.3 is 29.8 Å². The zero-order valence-corrected chi connectivity index (χ0v) is 31.7. The quantitative estimate of drug-likeness (QED) is 0.119. The second kappa shape index (κ2) is 22.2. The molecule has 0 unspecified atom stereocenters. The zero-order chi connectivity index (χ0) is 38.2. The lowest BCUT2D eigenvalue weighted by atomic mass is 9.95. The molecule has 0 saturated carbocycles. The van der Waals surface area contributed by atoms with Crippen LogP contribution in [0.15, 0.2) is 0 Å². The molecule has 2 aliphatic rings. The summed E-state index contributed by atoms with van der Waals surface area (Å²) < 4.78 is 51.9. The van der Waals surface area contributed by atoms with Crippen molar-refractivity contribution in [3.05, 3.63) is 0 Å². The molecule has 2 fully saturated rings. The molecule has 0 aromatic rings. The molecule has 0 aliphatic carbocycles. The molecular weight excluding hydrogens is 718 g/mol. The standard InChI is InChI=1S/C32H49NO16S2/c1-16(34)33-25-28(44-19(4)37)26(23(14-42-17(2)35)47-31(25)41-8)49-32-30(46-21(6)39)29(45-20(5)38)27(43-18(3)36)24(48-32)15-50-12-10-9-11-13-51-22(7)40/h23-32H,9-15H2,1-8H3,(H,33,34)/t23-,24-,25-,26+,27+,28-,29+,30-,31-,32+/m1/s1. The molecule has 10 atom stereocenters. The molecule has 0 bridgehead atoms. The van der Waals surface area contributed by atoms with Gasteiger partial charge in [0.25, 0.3) is 0 Å². The average molecular weight is 768 g/mol. The Hall–Kier alpha value is -2.97. The maximum atomic E-state index is 12.4. The monoisotopic (exact) mass is 767 g/mol. The Morgan fingerprint density at radius 1 is 0.608 bits per heavy atom. The molecule has 2 heterocycles. The average Bonchev–Trinajstić information content (AvgIpc) is 3.01. The fourth-order valence-electron chi connectivity index (χ4n) is 5.47. The van der Waals surface area contributed by atoms with Crippen LogP contribution in [0.2, 0.25) is 0 Å². The summed E-state index contributed by atoms with van der Waals surface area (Å²) in [7, 11) is 1.29. The second-order valence-corrected chi connectivity index (χ2v) is 14.1. The maximum absolute atomic E-state index is 12.4. The number of ether oxygens (including phenoxy) is 9. The van der Waals surface area contributed by atoms with Gasteiger partial charge in [-0.2, -0.15) is 11.8 Å². The third-order valence-electron chi connectivity index (χ3n) is 7.31. The fraction of sp³-hybridized carbons (Fsp3) is 0.781. The van der Waals surface area contributed by atoms with Crippen molar-refractivity contribution in [1.29, 1.82) is 0 Å². The minimum atomic E-state index is -1.58. The van der Waals surface area contributed by atoms with Gasteiger partial charge in [-0.15, -0.1) is 0 Å². The Balaban J connectivity index is 2.54. The predicted octanol–water partition coefficient (Wildman–Crippen LogP) is 1.45. The van der Waals surface area contributed by atoms with Crippen molar-refractivity contribution in [3.8, 4) is 0 Å². The van der Waals surface area contributed by atoms with Gasteiger partial charge in [-0.05, 0) is 18.6 Å². The SMILES string of the molecule is CO[C@@H]1O[C@H](COC(C)=O)[C@H](O[C@@H]2O[C@H](CSCCCCCSC(C)=O)[C@H](OC(C)=O)[C@H](OC(C)=O)[C@H]2OC(C)=O)[C@H](OC(C)=O)[C@H]1NC(C)=O. The normalized spacial score (nSPS) is 28.9. The molecule has 19 heteroatoms. The van der Waals surface area contributed by atoms with Gasteiger partial charge in [0.15, 0.2) is 42.1 Å². The third-order valence-corrected chi connectivity index (χ3v) is 9.35. The fourth-order valence-corrected chi connectivity index (χ4v) is 7.19. The largest absolute Gasteiger partial charge is 0.463 e. The lowest BCUT2D eigenvalue weighted by Crippen LogP contribution is -2.69. The van der Waals surface area contributed by atoms with Crippen LogP contribution in [0.5, 0.6) is 0 Å². The van der Waals surface area contributed by atoms with Crippen LogP contribution in [0.3, 0.4) is 0 Å². The number of carbonyl (C=O) groups excluding carboxylic acids is 7. The Kier molecular flexibility index (Phi) is 19.2. The minimum absolute atomic E-state index is 0.0577. The summed E-state index contributed by atoms with van der Waals surface area (Å²) in [5, 5.41) is 2.69. The van der Waals surface area contributed by atoms with Crippen molar-refractivity contribution in [2.75, 3.05) is 31.0 Å². The lowest BCUT2D eigenvalue weighted by molar-refractivity contribution is -0.344. The minimum Gasteiger partial charge on any atom is -0.463 e. The third kappa shape index (κ3) is 15.3. The molecular formula is C32H49NO16S2. The van der Waals surface area contributed by atoms with Crippen molar-refractivity contribution < 1.29 is 76.2 Å². The highest BCUT2D eigenvalue weighted by atomic mass is 32.2. The number of hydrogen-bond acceptors (Lipinski definition) is 18. The van der Waals surface area contributed by atoms with Crippen molar-refractivity contribution in [2.45, 2.75) is 129 Å². The van der Waals surface area contributed by atoms with E-state index >= 15 is 0 Å². The van der Waals surface area contributed by atoms with Gasteiger partial charge in [-0.1, -0.05) is 18.2 Å². The van der Waals surface area contributed by atoms with Crippen LogP contribution in [0.1, 0.15) is 67.7 Å². The first kappa shape index (κ1) is 44.2. The Morgan fingerprint density at radius 2 is 1.16 bits per heavy atom. The van der Waals surface area contributed by atoms with Crippen LogP contribution < -0.4 is 5.32 Å². The van der Waals surface area contributed by atoms with E-state index < -0.39 is 104 Å². The van der Waals surface area contributed by atoms with E-state index in [0.717, 1.165) is 47.0 Å². The summed E-state index contributed by atoms with van der Waals surface area (Å²) in [5.41, 5.74) is 0. The number of esters is 5. The van der Waals surface area contributed by atoms with Crippen LogP contribution >= 0.6 is 23.5 Å². The van der Waals surface area contributed by atoms with Crippen LogP contribution in [-0.4, -0.2) is 133 Å². The molecule has 17 nitrogen and oxygen atoms in total. The second-order valence-electron chi connectivity index (χ2n) is 11.7. The van der Waals surface area contributed by atoms with Gasteiger partial charge in [0.05, 0.1) is 0 Å². The lowest BCUT2D eigenvalue weighted by Gasteiger charge is -2.49. The molecule has 0 radical (unpaired) electrons. The maximum Gasteiger partial charge on any atom is 0.303 e. The summed E-state index contributed by atoms with van der Waals surface area (Å²) in [6.07, 6.45) is -9.41. The Labute approximate surface area is 305 Å². The molecule has 0 aromatic carbocycles. The number of rotatable bonds is 18. The van der Waals surface area contributed by atoms with E-state index in [4.69, 9.17) is 42.6 Å². The zero-order valence-electron chi connectivity index (χ0n) is 30.1. The van der Waals surface area contributed by atoms with E-state index in [2.05, 4.69) is 5.32 Å². The summed E-state index contributed by atoms with van der Waals surface area (Å²) in [6.45, 7) is 8.01. The van der Waals surface area contributed by atoms with Crippen LogP contribution in [-0.2, 0) is 76.2 Å². The Bertz CT molecular complexity index is 1220. The number of thioether (sulfide) groups is 2. The number of nitrogens with one attached hydrogen (secondary N) is 1. The van der Waals surface area contributed by atoms with E-state index in [0.29, 0.717) is 11.5 Å². The number of carbonyl (C=O) groups is 7. The molecule has 51 heavy (non-hydrogen) atoms. The first-order chi connectivity index (χ1) is 24.0. The summed E-state index contributed by atoms with van der Waals surface area (Å²) in [5.74, 6) is -2.71. The van der Waals surface area contributed by atoms with Crippen LogP contribution in [0.25, 0.3) is 0 Å². The molecule has 0 aromatic heterocycles. The van der Waals surface area contributed by atoms with Crippen molar-refractivity contribution >= 4 is 64.4 Å². The first-order valence-electron chi connectivity index (χ1n) is 16.3. The van der Waals surface area contributed by atoms with Crippen molar-refractivity contribution in [3.63, 3.8) is 0 Å². The van der Waals surface area contributed by atoms with Gasteiger partial charge in [0, 0.05) is 67.1 Å². The summed E-state index contributed by atoms with van der Waals surface area (Å²) in [4.78, 5) is 84.8. The van der Waals surface area contributed by atoms with E-state index in [1.807, 2.05) is 0 Å². The van der Waals surface area contributed by atoms with Crippen molar-refractivity contribution in [2.24, 2.45) is 0 Å². The summed E-state index contributed by atoms with van der Waals surface area (Å²) >= 11 is 2.73. The highest BCUT2D eigenvalue weighted by Gasteiger charge is 2.56. The van der Waals surface area contributed by atoms with E-state index in [1.165, 1.54) is 51.4 Å². The number of unbranched alkanes of at least 4 members (excludes halogenated alkanes) is 2. The van der Waals surface area contributed by atoms with Gasteiger partial charge in [-0.25, -0.2) is 0 Å². The highest BCUT2D eigenvalue weighted by molar-refractivity contribution is 8.13. The van der Waals surface area contributed by atoms with Crippen molar-refractivity contribution in [1.82, 2.24) is 5.32 Å². The molecule has 1 amide bonds. The Morgan fingerprint density at radius 3 is 1.71 bits per heavy atom. The van der Waals surface area contributed by atoms with E-state index in [9.17, 15) is 33.6 Å². The number of hydrogen-bond donors (Lipinski definition) is 1. The van der Waals surface area contributed by atoms with Gasteiger partial charge in [-0.3, -0.25) is 33.6 Å². The van der Waals surface area contributed by atoms with Crippen LogP contribution in [0, 0.1) is 0 Å². The number of methoxy groups -OCH3 is 1. The highest BCUT2D eigenvalue weighted by Crippen LogP contribution is 2.35.